The Morgan fingerprint density at radius 1 is 1.29 bits per heavy atom. The molecular weight excluding hydrogens is 182 g/mol. The zero-order valence-electron chi connectivity index (χ0n) is 9.28. The summed E-state index contributed by atoms with van der Waals surface area (Å²) >= 11 is 0. The van der Waals surface area contributed by atoms with Crippen molar-refractivity contribution < 1.29 is 14.7 Å². The number of aliphatic carboxylic acids is 1. The molecule has 0 bridgehead atoms. The second-order valence-corrected chi connectivity index (χ2v) is 3.83. The Balaban J connectivity index is 4.38. The first-order chi connectivity index (χ1) is 6.40. The van der Waals surface area contributed by atoms with Crippen LogP contribution in [0.2, 0.25) is 0 Å². The van der Waals surface area contributed by atoms with E-state index in [0.29, 0.717) is 19.0 Å². The van der Waals surface area contributed by atoms with Gasteiger partial charge in [0.05, 0.1) is 0 Å². The molecule has 0 aromatic heterocycles. The molecule has 4 nitrogen and oxygen atoms in total. The van der Waals surface area contributed by atoms with Gasteiger partial charge in [-0.15, -0.1) is 0 Å². The van der Waals surface area contributed by atoms with Gasteiger partial charge in [0.15, 0.2) is 0 Å². The van der Waals surface area contributed by atoms with Crippen LogP contribution >= 0.6 is 0 Å². The predicted molar refractivity (Wildman–Crippen MR) is 53.9 cm³/mol. The molecule has 1 N–H and O–H groups in total. The van der Waals surface area contributed by atoms with Crippen LogP contribution < -0.4 is 0 Å². The predicted octanol–water partition coefficient (Wildman–Crippen LogP) is 1.21. The maximum absolute atomic E-state index is 11.6. The van der Waals surface area contributed by atoms with Gasteiger partial charge in [-0.1, -0.05) is 13.8 Å². The summed E-state index contributed by atoms with van der Waals surface area (Å²) in [5.74, 6) is -1.93. The Morgan fingerprint density at radius 2 is 1.79 bits per heavy atom. The molecule has 0 fully saturated rings. The van der Waals surface area contributed by atoms with Crippen molar-refractivity contribution in [1.82, 2.24) is 4.90 Å². The number of carbonyl (C=O) groups excluding carboxylic acids is 1. The SMILES string of the molecule is CCN(CC(C)C)C(=O)C(C)C(=O)O. The molecule has 1 unspecified atom stereocenters. The summed E-state index contributed by atoms with van der Waals surface area (Å²) in [6.07, 6.45) is 0. The van der Waals surface area contributed by atoms with E-state index in [1.165, 1.54) is 6.92 Å². The number of nitrogens with zero attached hydrogens (tertiary/aromatic N) is 1. The van der Waals surface area contributed by atoms with Gasteiger partial charge in [-0.3, -0.25) is 9.59 Å². The summed E-state index contributed by atoms with van der Waals surface area (Å²) < 4.78 is 0. The van der Waals surface area contributed by atoms with Gasteiger partial charge in [-0.25, -0.2) is 0 Å². The first-order valence-corrected chi connectivity index (χ1v) is 4.91. The number of amides is 1. The van der Waals surface area contributed by atoms with Gasteiger partial charge in [-0.2, -0.15) is 0 Å². The maximum atomic E-state index is 11.6. The van der Waals surface area contributed by atoms with Crippen LogP contribution in [0.1, 0.15) is 27.7 Å². The van der Waals surface area contributed by atoms with Gasteiger partial charge in [-0.05, 0) is 19.8 Å². The van der Waals surface area contributed by atoms with Crippen LogP contribution in [0.25, 0.3) is 0 Å². The lowest BCUT2D eigenvalue weighted by Crippen LogP contribution is -2.40. The summed E-state index contributed by atoms with van der Waals surface area (Å²) in [7, 11) is 0. The minimum atomic E-state index is -1.06. The molecule has 0 rings (SSSR count). The van der Waals surface area contributed by atoms with Gasteiger partial charge in [0.1, 0.15) is 5.92 Å². The highest BCUT2D eigenvalue weighted by Crippen LogP contribution is 2.06. The van der Waals surface area contributed by atoms with E-state index < -0.39 is 11.9 Å². The number of hydrogen-bond donors (Lipinski definition) is 1. The minimum Gasteiger partial charge on any atom is -0.481 e. The van der Waals surface area contributed by atoms with Crippen molar-refractivity contribution in [3.8, 4) is 0 Å². The molecule has 0 aromatic carbocycles. The van der Waals surface area contributed by atoms with Gasteiger partial charge in [0, 0.05) is 13.1 Å². The normalized spacial score (nSPS) is 12.6. The number of carbonyl (C=O) groups is 2. The second-order valence-electron chi connectivity index (χ2n) is 3.83. The lowest BCUT2D eigenvalue weighted by atomic mass is 10.1. The summed E-state index contributed by atoms with van der Waals surface area (Å²) in [5, 5.41) is 8.68. The van der Waals surface area contributed by atoms with Crippen LogP contribution in [0.15, 0.2) is 0 Å². The lowest BCUT2D eigenvalue weighted by molar-refractivity contribution is -0.150. The van der Waals surface area contributed by atoms with Crippen LogP contribution in [0, 0.1) is 11.8 Å². The molecule has 0 spiro atoms. The molecule has 0 saturated carbocycles. The van der Waals surface area contributed by atoms with Crippen LogP contribution in [0.5, 0.6) is 0 Å². The van der Waals surface area contributed by atoms with Crippen molar-refractivity contribution >= 4 is 11.9 Å². The number of rotatable bonds is 5. The molecule has 0 aromatic rings. The third-order valence-corrected chi connectivity index (χ3v) is 2.02. The standard InChI is InChI=1S/C10H19NO3/c1-5-11(6-7(2)3)9(12)8(4)10(13)14/h7-8H,5-6H2,1-4H3,(H,13,14). The van der Waals surface area contributed by atoms with Crippen LogP contribution in [-0.2, 0) is 9.59 Å². The molecule has 0 heterocycles. The highest BCUT2D eigenvalue weighted by Gasteiger charge is 2.25. The molecular formula is C10H19NO3. The maximum Gasteiger partial charge on any atom is 0.315 e. The van der Waals surface area contributed by atoms with E-state index in [1.807, 2.05) is 20.8 Å². The smallest absolute Gasteiger partial charge is 0.315 e. The fourth-order valence-corrected chi connectivity index (χ4v) is 1.20. The summed E-state index contributed by atoms with van der Waals surface area (Å²) in [6, 6.07) is 0. The Hall–Kier alpha value is -1.06. The summed E-state index contributed by atoms with van der Waals surface area (Å²) in [6.45, 7) is 8.47. The molecule has 0 aliphatic heterocycles. The minimum absolute atomic E-state index is 0.297. The number of carboxylic acid groups (broad SMARTS) is 1. The molecule has 4 heteroatoms. The first kappa shape index (κ1) is 12.9. The van der Waals surface area contributed by atoms with Gasteiger partial charge in [0.25, 0.3) is 0 Å². The third kappa shape index (κ3) is 3.77. The van der Waals surface area contributed by atoms with E-state index in [0.717, 1.165) is 0 Å². The molecule has 0 radical (unpaired) electrons. The number of carboxylic acids is 1. The van der Waals surface area contributed by atoms with E-state index in [9.17, 15) is 9.59 Å². The Kier molecular flexibility index (Phi) is 5.20. The molecule has 1 amide bonds. The molecule has 0 aliphatic rings. The summed E-state index contributed by atoms with van der Waals surface area (Å²) in [4.78, 5) is 23.8. The van der Waals surface area contributed by atoms with E-state index in [4.69, 9.17) is 5.11 Å². The fourth-order valence-electron chi connectivity index (χ4n) is 1.20. The molecule has 82 valence electrons. The van der Waals surface area contributed by atoms with E-state index >= 15 is 0 Å². The Bertz CT molecular complexity index is 213. The van der Waals surface area contributed by atoms with Gasteiger partial charge >= 0.3 is 5.97 Å². The zero-order valence-corrected chi connectivity index (χ0v) is 9.28. The Morgan fingerprint density at radius 3 is 2.07 bits per heavy atom. The second kappa shape index (κ2) is 5.62. The quantitative estimate of drug-likeness (QED) is 0.680. The van der Waals surface area contributed by atoms with Gasteiger partial charge in [0.2, 0.25) is 5.91 Å². The van der Waals surface area contributed by atoms with E-state index in [-0.39, 0.29) is 5.91 Å². The summed E-state index contributed by atoms with van der Waals surface area (Å²) in [5.41, 5.74) is 0. The van der Waals surface area contributed by atoms with Crippen molar-refractivity contribution in [2.45, 2.75) is 27.7 Å². The highest BCUT2D eigenvalue weighted by atomic mass is 16.4. The van der Waals surface area contributed by atoms with Crippen molar-refractivity contribution in [3.63, 3.8) is 0 Å². The van der Waals surface area contributed by atoms with Gasteiger partial charge < -0.3 is 10.0 Å². The topological polar surface area (TPSA) is 57.6 Å². The average molecular weight is 201 g/mol. The number of hydrogen-bond acceptors (Lipinski definition) is 2. The fraction of sp³-hybridized carbons (Fsp3) is 0.800. The monoisotopic (exact) mass is 201 g/mol. The zero-order chi connectivity index (χ0) is 11.3. The van der Waals surface area contributed by atoms with Crippen molar-refractivity contribution in [3.05, 3.63) is 0 Å². The van der Waals surface area contributed by atoms with Crippen LogP contribution in [0.4, 0.5) is 0 Å². The van der Waals surface area contributed by atoms with Crippen molar-refractivity contribution in [2.75, 3.05) is 13.1 Å². The van der Waals surface area contributed by atoms with Crippen LogP contribution in [-0.4, -0.2) is 35.0 Å². The molecule has 14 heavy (non-hydrogen) atoms. The first-order valence-electron chi connectivity index (χ1n) is 4.91. The third-order valence-electron chi connectivity index (χ3n) is 2.02. The molecule has 0 aliphatic carbocycles. The molecule has 0 saturated heterocycles. The lowest BCUT2D eigenvalue weighted by Gasteiger charge is -2.24. The molecule has 1 atom stereocenters. The van der Waals surface area contributed by atoms with Crippen molar-refractivity contribution in [2.24, 2.45) is 11.8 Å². The highest BCUT2D eigenvalue weighted by molar-refractivity contribution is 5.96. The largest absolute Gasteiger partial charge is 0.481 e. The average Bonchev–Trinajstić information content (AvgIpc) is 2.11. The van der Waals surface area contributed by atoms with Crippen molar-refractivity contribution in [1.29, 1.82) is 0 Å². The van der Waals surface area contributed by atoms with E-state index in [1.54, 1.807) is 4.90 Å². The van der Waals surface area contributed by atoms with E-state index in [2.05, 4.69) is 0 Å². The Labute approximate surface area is 84.9 Å². The van der Waals surface area contributed by atoms with Crippen LogP contribution in [0.3, 0.4) is 0 Å².